The van der Waals surface area contributed by atoms with Gasteiger partial charge in [-0.05, 0) is 43.5 Å². The van der Waals surface area contributed by atoms with Crippen LogP contribution in [0.15, 0.2) is 23.1 Å². The molecular formula is C17H25ClN2O3S. The topological polar surface area (TPSA) is 66.5 Å². The molecule has 24 heavy (non-hydrogen) atoms. The third-order valence-corrected chi connectivity index (χ3v) is 6.39. The Bertz CT molecular complexity index is 685. The zero-order valence-corrected chi connectivity index (χ0v) is 15.8. The van der Waals surface area contributed by atoms with E-state index in [1.165, 1.54) is 12.5 Å². The molecule has 0 aromatic heterocycles. The second kappa shape index (κ2) is 8.32. The lowest BCUT2D eigenvalue weighted by Gasteiger charge is -2.33. The molecule has 1 N–H and O–H groups in total. The van der Waals surface area contributed by atoms with Gasteiger partial charge in [-0.15, -0.1) is 0 Å². The average Bonchev–Trinajstić information content (AvgIpc) is 2.54. The highest BCUT2D eigenvalue weighted by atomic mass is 35.5. The van der Waals surface area contributed by atoms with Crippen LogP contribution in [-0.4, -0.2) is 38.4 Å². The Morgan fingerprint density at radius 2 is 1.96 bits per heavy atom. The van der Waals surface area contributed by atoms with Gasteiger partial charge in [0.05, 0.1) is 4.90 Å². The summed E-state index contributed by atoms with van der Waals surface area (Å²) in [6.07, 6.45) is 5.48. The lowest BCUT2D eigenvalue weighted by Crippen LogP contribution is -2.44. The second-order valence-corrected chi connectivity index (χ2v) is 8.49. The summed E-state index contributed by atoms with van der Waals surface area (Å²) < 4.78 is 27.3. The maximum atomic E-state index is 12.4. The van der Waals surface area contributed by atoms with Crippen molar-refractivity contribution in [2.75, 3.05) is 13.1 Å². The summed E-state index contributed by atoms with van der Waals surface area (Å²) in [5, 5.41) is 0.536. The molecular weight excluding hydrogens is 348 g/mol. The van der Waals surface area contributed by atoms with E-state index in [-0.39, 0.29) is 23.4 Å². The van der Waals surface area contributed by atoms with Gasteiger partial charge in [-0.1, -0.05) is 30.9 Å². The standard InChI is InChI=1S/C17H25ClN2O3S/c1-13-12-16(8-9-17(13)18)24(22,23)19-10-11-20(14(2)21)15-6-4-3-5-7-15/h8-9,12,15,19H,3-7,10-11H2,1-2H3. The van der Waals surface area contributed by atoms with Crippen LogP contribution in [0.4, 0.5) is 0 Å². The number of hydrogen-bond donors (Lipinski definition) is 1. The normalized spacial score (nSPS) is 16.1. The van der Waals surface area contributed by atoms with E-state index in [2.05, 4.69) is 4.72 Å². The molecule has 1 aliphatic rings. The second-order valence-electron chi connectivity index (χ2n) is 6.31. The van der Waals surface area contributed by atoms with Gasteiger partial charge in [0.25, 0.3) is 0 Å². The summed E-state index contributed by atoms with van der Waals surface area (Å²) in [5.41, 5.74) is 0.715. The van der Waals surface area contributed by atoms with Gasteiger partial charge in [-0.2, -0.15) is 0 Å². The number of aryl methyl sites for hydroxylation is 1. The van der Waals surface area contributed by atoms with Gasteiger partial charge in [0.1, 0.15) is 0 Å². The molecule has 0 bridgehead atoms. The van der Waals surface area contributed by atoms with Crippen molar-refractivity contribution in [1.29, 1.82) is 0 Å². The fourth-order valence-electron chi connectivity index (χ4n) is 3.16. The Kier molecular flexibility index (Phi) is 6.66. The molecule has 0 atom stereocenters. The summed E-state index contributed by atoms with van der Waals surface area (Å²) in [7, 11) is -3.60. The van der Waals surface area contributed by atoms with E-state index >= 15 is 0 Å². The zero-order chi connectivity index (χ0) is 17.7. The van der Waals surface area contributed by atoms with E-state index in [1.807, 2.05) is 0 Å². The van der Waals surface area contributed by atoms with E-state index in [4.69, 9.17) is 11.6 Å². The number of amides is 1. The van der Waals surface area contributed by atoms with Crippen LogP contribution in [0.3, 0.4) is 0 Å². The monoisotopic (exact) mass is 372 g/mol. The maximum absolute atomic E-state index is 12.4. The number of hydrogen-bond acceptors (Lipinski definition) is 3. The van der Waals surface area contributed by atoms with Gasteiger partial charge in [0.15, 0.2) is 0 Å². The molecule has 0 saturated heterocycles. The number of rotatable bonds is 6. The average molecular weight is 373 g/mol. The molecule has 0 spiro atoms. The summed E-state index contributed by atoms with van der Waals surface area (Å²) in [6, 6.07) is 4.85. The predicted molar refractivity (Wildman–Crippen MR) is 95.6 cm³/mol. The third kappa shape index (κ3) is 4.94. The van der Waals surface area contributed by atoms with Crippen molar-refractivity contribution in [3.63, 3.8) is 0 Å². The van der Waals surface area contributed by atoms with Crippen molar-refractivity contribution >= 4 is 27.5 Å². The molecule has 5 nitrogen and oxygen atoms in total. The minimum Gasteiger partial charge on any atom is -0.339 e. The Labute approximate surface area is 149 Å². The van der Waals surface area contributed by atoms with E-state index < -0.39 is 10.0 Å². The van der Waals surface area contributed by atoms with Crippen LogP contribution in [0.5, 0.6) is 0 Å². The first-order chi connectivity index (χ1) is 11.3. The van der Waals surface area contributed by atoms with Crippen molar-refractivity contribution in [3.8, 4) is 0 Å². The fourth-order valence-corrected chi connectivity index (χ4v) is 4.38. The Morgan fingerprint density at radius 1 is 1.29 bits per heavy atom. The van der Waals surface area contributed by atoms with Crippen molar-refractivity contribution in [2.45, 2.75) is 56.9 Å². The highest BCUT2D eigenvalue weighted by Gasteiger charge is 2.23. The molecule has 0 aliphatic heterocycles. The van der Waals surface area contributed by atoms with Crippen LogP contribution >= 0.6 is 11.6 Å². The van der Waals surface area contributed by atoms with Gasteiger partial charge in [-0.25, -0.2) is 13.1 Å². The molecule has 0 heterocycles. The van der Waals surface area contributed by atoms with Crippen LogP contribution in [0, 0.1) is 6.92 Å². The number of benzene rings is 1. The third-order valence-electron chi connectivity index (χ3n) is 4.50. The highest BCUT2D eigenvalue weighted by Crippen LogP contribution is 2.23. The number of carbonyl (C=O) groups excluding carboxylic acids is 1. The SMILES string of the molecule is CC(=O)N(CCNS(=O)(=O)c1ccc(Cl)c(C)c1)C1CCCCC1. The summed E-state index contributed by atoms with van der Waals surface area (Å²) >= 11 is 5.94. The van der Waals surface area contributed by atoms with Gasteiger partial charge in [0, 0.05) is 31.1 Å². The van der Waals surface area contributed by atoms with Gasteiger partial charge >= 0.3 is 0 Å². The Balaban J connectivity index is 1.97. The first kappa shape index (κ1) is 19.2. The number of halogens is 1. The summed E-state index contributed by atoms with van der Waals surface area (Å²) in [5.74, 6) is 0.00318. The van der Waals surface area contributed by atoms with Crippen molar-refractivity contribution in [1.82, 2.24) is 9.62 Å². The maximum Gasteiger partial charge on any atom is 0.240 e. The van der Waals surface area contributed by atoms with Gasteiger partial charge in [0.2, 0.25) is 15.9 Å². The molecule has 1 fully saturated rings. The van der Waals surface area contributed by atoms with Crippen molar-refractivity contribution < 1.29 is 13.2 Å². The van der Waals surface area contributed by atoms with Crippen molar-refractivity contribution in [2.24, 2.45) is 0 Å². The molecule has 1 saturated carbocycles. The first-order valence-corrected chi connectivity index (χ1v) is 10.2. The van der Waals surface area contributed by atoms with E-state index in [0.717, 1.165) is 25.7 Å². The molecule has 1 amide bonds. The number of carbonyl (C=O) groups is 1. The van der Waals surface area contributed by atoms with Crippen LogP contribution in [-0.2, 0) is 14.8 Å². The number of nitrogens with zero attached hydrogens (tertiary/aromatic N) is 1. The van der Waals surface area contributed by atoms with Crippen molar-refractivity contribution in [3.05, 3.63) is 28.8 Å². The predicted octanol–water partition coefficient (Wildman–Crippen LogP) is 3.11. The van der Waals surface area contributed by atoms with Crippen LogP contribution in [0.2, 0.25) is 5.02 Å². The number of sulfonamides is 1. The lowest BCUT2D eigenvalue weighted by atomic mass is 9.94. The molecule has 0 unspecified atom stereocenters. The minimum absolute atomic E-state index is 0.00318. The van der Waals surface area contributed by atoms with Crippen LogP contribution < -0.4 is 4.72 Å². The minimum atomic E-state index is -3.60. The Hall–Kier alpha value is -1.11. The molecule has 1 aromatic rings. The van der Waals surface area contributed by atoms with E-state index in [0.29, 0.717) is 17.1 Å². The zero-order valence-electron chi connectivity index (χ0n) is 14.2. The largest absolute Gasteiger partial charge is 0.339 e. The van der Waals surface area contributed by atoms with Crippen LogP contribution in [0.1, 0.15) is 44.6 Å². The summed E-state index contributed by atoms with van der Waals surface area (Å²) in [6.45, 7) is 3.92. The van der Waals surface area contributed by atoms with Gasteiger partial charge in [-0.3, -0.25) is 4.79 Å². The quantitative estimate of drug-likeness (QED) is 0.834. The van der Waals surface area contributed by atoms with Crippen LogP contribution in [0.25, 0.3) is 0 Å². The molecule has 134 valence electrons. The summed E-state index contributed by atoms with van der Waals surface area (Å²) in [4.78, 5) is 13.9. The lowest BCUT2D eigenvalue weighted by molar-refractivity contribution is -0.131. The molecule has 1 aliphatic carbocycles. The highest BCUT2D eigenvalue weighted by molar-refractivity contribution is 7.89. The molecule has 1 aromatic carbocycles. The molecule has 2 rings (SSSR count). The number of nitrogens with one attached hydrogen (secondary N) is 1. The Morgan fingerprint density at radius 3 is 2.54 bits per heavy atom. The molecule has 0 radical (unpaired) electrons. The van der Waals surface area contributed by atoms with E-state index in [1.54, 1.807) is 30.9 Å². The fraction of sp³-hybridized carbons (Fsp3) is 0.588. The molecule has 7 heteroatoms. The first-order valence-electron chi connectivity index (χ1n) is 8.34. The van der Waals surface area contributed by atoms with Gasteiger partial charge < -0.3 is 4.90 Å². The smallest absolute Gasteiger partial charge is 0.240 e. The van der Waals surface area contributed by atoms with E-state index in [9.17, 15) is 13.2 Å².